The predicted octanol–water partition coefficient (Wildman–Crippen LogP) is 4.00. The third-order valence-electron chi connectivity index (χ3n) is 10.2. The van der Waals surface area contributed by atoms with E-state index in [4.69, 9.17) is 15.6 Å². The van der Waals surface area contributed by atoms with Crippen molar-refractivity contribution in [3.05, 3.63) is 0 Å². The number of nitrogens with zero attached hydrogens (tertiary/aromatic N) is 1. The van der Waals surface area contributed by atoms with Gasteiger partial charge in [0.2, 0.25) is 5.91 Å². The number of carbonyl (C=O) groups is 2. The molecule has 5 atom stereocenters. The summed E-state index contributed by atoms with van der Waals surface area (Å²) in [6.45, 7) is 12.5. The van der Waals surface area contributed by atoms with E-state index in [1.54, 1.807) is 20.8 Å². The van der Waals surface area contributed by atoms with E-state index < -0.39 is 33.9 Å². The molecule has 226 valence electrons. The van der Waals surface area contributed by atoms with Crippen LogP contribution in [-0.4, -0.2) is 54.9 Å². The van der Waals surface area contributed by atoms with Gasteiger partial charge >= 0.3 is 5.97 Å². The number of fused-ring (bicyclic) bond motifs is 2. The highest BCUT2D eigenvalue weighted by Gasteiger charge is 2.62. The molecule has 3 fully saturated rings. The normalized spacial score (nSPS) is 28.8. The Morgan fingerprint density at radius 2 is 1.69 bits per heavy atom. The van der Waals surface area contributed by atoms with E-state index in [-0.39, 0.29) is 35.1 Å². The van der Waals surface area contributed by atoms with E-state index >= 15 is 0 Å². The SMILES string of the molecule is CC(C)(C)OC(=O)[C@H](CCCCN)N([C@@H](CC1CCCCC1)C(=O)N[C@@H]1C[C@H]2CC[C@]1(C)C2(C)C)S(N)(=O)=O. The van der Waals surface area contributed by atoms with Crippen molar-refractivity contribution in [3.8, 4) is 0 Å². The van der Waals surface area contributed by atoms with Crippen molar-refractivity contribution in [3.63, 3.8) is 0 Å². The van der Waals surface area contributed by atoms with Crippen LogP contribution in [0.2, 0.25) is 0 Å². The highest BCUT2D eigenvalue weighted by molar-refractivity contribution is 7.86. The van der Waals surface area contributed by atoms with Crippen LogP contribution in [0.3, 0.4) is 0 Å². The Labute approximate surface area is 236 Å². The Kier molecular flexibility index (Phi) is 10.2. The topological polar surface area (TPSA) is 145 Å². The van der Waals surface area contributed by atoms with Gasteiger partial charge in [-0.05, 0) is 94.9 Å². The Morgan fingerprint density at radius 3 is 2.18 bits per heavy atom. The fourth-order valence-corrected chi connectivity index (χ4v) is 8.61. The van der Waals surface area contributed by atoms with E-state index in [1.165, 1.54) is 0 Å². The molecule has 3 rings (SSSR count). The van der Waals surface area contributed by atoms with Crippen molar-refractivity contribution >= 4 is 22.1 Å². The van der Waals surface area contributed by atoms with Crippen LogP contribution in [0.5, 0.6) is 0 Å². The summed E-state index contributed by atoms with van der Waals surface area (Å²) >= 11 is 0. The maximum atomic E-state index is 14.2. The first-order valence-corrected chi connectivity index (χ1v) is 16.6. The lowest BCUT2D eigenvalue weighted by atomic mass is 9.69. The van der Waals surface area contributed by atoms with Crippen LogP contribution in [0.25, 0.3) is 0 Å². The Morgan fingerprint density at radius 1 is 1.05 bits per heavy atom. The third kappa shape index (κ3) is 7.35. The zero-order chi connectivity index (χ0) is 29.2. The monoisotopic (exact) mass is 570 g/mol. The molecule has 0 heterocycles. The van der Waals surface area contributed by atoms with Crippen LogP contribution in [0.1, 0.15) is 119 Å². The molecule has 0 unspecified atom stereocenters. The highest BCUT2D eigenvalue weighted by Crippen LogP contribution is 2.65. The zero-order valence-electron chi connectivity index (χ0n) is 25.1. The number of unbranched alkanes of at least 4 members (excludes halogenated alkanes) is 1. The van der Waals surface area contributed by atoms with Gasteiger partial charge in [-0.1, -0.05) is 52.9 Å². The van der Waals surface area contributed by atoms with Crippen LogP contribution < -0.4 is 16.2 Å². The Hall–Kier alpha value is -1.23. The average molecular weight is 571 g/mol. The molecule has 39 heavy (non-hydrogen) atoms. The smallest absolute Gasteiger partial charge is 0.325 e. The molecule has 3 saturated carbocycles. The van der Waals surface area contributed by atoms with Gasteiger partial charge in [-0.2, -0.15) is 12.7 Å². The number of carbonyl (C=O) groups excluding carboxylic acids is 2. The van der Waals surface area contributed by atoms with Gasteiger partial charge in [0.05, 0.1) is 0 Å². The van der Waals surface area contributed by atoms with Crippen molar-refractivity contribution in [2.75, 3.05) is 6.54 Å². The first-order chi connectivity index (χ1) is 18.0. The van der Waals surface area contributed by atoms with Crippen LogP contribution in [0.4, 0.5) is 0 Å². The molecular weight excluding hydrogens is 516 g/mol. The number of esters is 1. The number of rotatable bonds is 12. The molecule has 3 aliphatic rings. The lowest BCUT2D eigenvalue weighted by Gasteiger charge is -2.41. The summed E-state index contributed by atoms with van der Waals surface area (Å²) in [5.74, 6) is -0.321. The number of amides is 1. The Bertz CT molecular complexity index is 973. The minimum atomic E-state index is -4.44. The van der Waals surface area contributed by atoms with Crippen LogP contribution in [0, 0.1) is 22.7 Å². The molecule has 5 N–H and O–H groups in total. The summed E-state index contributed by atoms with van der Waals surface area (Å²) < 4.78 is 33.2. The summed E-state index contributed by atoms with van der Waals surface area (Å²) in [6, 6.07) is -2.33. The summed E-state index contributed by atoms with van der Waals surface area (Å²) in [7, 11) is -4.44. The quantitative estimate of drug-likeness (QED) is 0.239. The van der Waals surface area contributed by atoms with E-state index in [0.29, 0.717) is 31.7 Å². The van der Waals surface area contributed by atoms with E-state index in [2.05, 4.69) is 26.1 Å². The van der Waals surface area contributed by atoms with Crippen LogP contribution in [0.15, 0.2) is 0 Å². The second-order valence-corrected chi connectivity index (χ2v) is 15.6. The molecular formula is C29H54N4O5S. The van der Waals surface area contributed by atoms with E-state index in [0.717, 1.165) is 55.7 Å². The molecule has 0 aromatic heterocycles. The molecule has 3 aliphatic carbocycles. The summed E-state index contributed by atoms with van der Waals surface area (Å²) in [5, 5.41) is 9.14. The molecule has 0 radical (unpaired) electrons. The molecule has 0 saturated heterocycles. The molecule has 10 heteroatoms. The van der Waals surface area contributed by atoms with Gasteiger partial charge in [-0.15, -0.1) is 0 Å². The second-order valence-electron chi connectivity index (χ2n) is 14.1. The average Bonchev–Trinajstić information content (AvgIpc) is 3.15. The molecule has 2 bridgehead atoms. The van der Waals surface area contributed by atoms with Crippen molar-refractivity contribution in [2.24, 2.45) is 33.5 Å². The second kappa shape index (κ2) is 12.3. The van der Waals surface area contributed by atoms with Crippen LogP contribution >= 0.6 is 0 Å². The Balaban J connectivity index is 1.98. The molecule has 0 aromatic carbocycles. The maximum absolute atomic E-state index is 14.2. The number of hydrogen-bond acceptors (Lipinski definition) is 6. The lowest BCUT2D eigenvalue weighted by Crippen LogP contribution is -2.61. The molecule has 0 aromatic rings. The molecule has 0 spiro atoms. The zero-order valence-corrected chi connectivity index (χ0v) is 25.9. The number of nitrogens with one attached hydrogen (secondary N) is 1. The minimum absolute atomic E-state index is 0.0489. The fourth-order valence-electron chi connectivity index (χ4n) is 7.53. The maximum Gasteiger partial charge on any atom is 0.325 e. The van der Waals surface area contributed by atoms with Gasteiger partial charge in [-0.25, -0.2) is 5.14 Å². The predicted molar refractivity (Wildman–Crippen MR) is 154 cm³/mol. The van der Waals surface area contributed by atoms with Crippen molar-refractivity contribution in [1.82, 2.24) is 9.62 Å². The lowest BCUT2D eigenvalue weighted by molar-refractivity contribution is -0.161. The first-order valence-electron chi connectivity index (χ1n) is 15.1. The molecule has 1 amide bonds. The third-order valence-corrected chi connectivity index (χ3v) is 11.3. The summed E-state index contributed by atoms with van der Waals surface area (Å²) in [4.78, 5) is 27.7. The van der Waals surface area contributed by atoms with Crippen molar-refractivity contribution in [2.45, 2.75) is 142 Å². The fraction of sp³-hybridized carbons (Fsp3) is 0.931. The van der Waals surface area contributed by atoms with Gasteiger partial charge in [-0.3, -0.25) is 9.59 Å². The van der Waals surface area contributed by atoms with E-state index in [1.807, 2.05) is 0 Å². The number of nitrogens with two attached hydrogens (primary N) is 2. The molecule has 0 aliphatic heterocycles. The highest BCUT2D eigenvalue weighted by atomic mass is 32.2. The first kappa shape index (κ1) is 32.3. The summed E-state index contributed by atoms with van der Waals surface area (Å²) in [5.41, 5.74) is 4.90. The summed E-state index contributed by atoms with van der Waals surface area (Å²) in [6.07, 6.45) is 9.83. The van der Waals surface area contributed by atoms with Gasteiger partial charge in [0, 0.05) is 6.04 Å². The van der Waals surface area contributed by atoms with Gasteiger partial charge in [0.25, 0.3) is 10.2 Å². The van der Waals surface area contributed by atoms with Crippen molar-refractivity contribution in [1.29, 1.82) is 0 Å². The van der Waals surface area contributed by atoms with E-state index in [9.17, 15) is 18.0 Å². The van der Waals surface area contributed by atoms with Gasteiger partial charge in [0.1, 0.15) is 17.7 Å². The molecule has 9 nitrogen and oxygen atoms in total. The minimum Gasteiger partial charge on any atom is -0.459 e. The number of ether oxygens (including phenoxy) is 1. The van der Waals surface area contributed by atoms with Gasteiger partial charge in [0.15, 0.2) is 0 Å². The van der Waals surface area contributed by atoms with Gasteiger partial charge < -0.3 is 15.8 Å². The number of hydrogen-bond donors (Lipinski definition) is 3. The standard InChI is InChI=1S/C29H54N4O5S/c1-27(2,3)38-26(35)22(14-10-11-17-30)33(39(31,36)37)23(18-20-12-8-7-9-13-20)25(34)32-24-19-21-15-16-29(24,6)28(21,4)5/h20-24H,7-19,30H2,1-6H3,(H,32,34)(H2,31,36,37)/t21-,22+,23+,24-,29+/m1/s1. The largest absolute Gasteiger partial charge is 0.459 e. The van der Waals surface area contributed by atoms with Crippen LogP contribution in [-0.2, 0) is 24.5 Å². The van der Waals surface area contributed by atoms with Crippen molar-refractivity contribution < 1.29 is 22.7 Å².